The van der Waals surface area contributed by atoms with E-state index in [9.17, 15) is 18.4 Å². The van der Waals surface area contributed by atoms with Crippen LogP contribution in [0.25, 0.3) is 0 Å². The zero-order valence-electron chi connectivity index (χ0n) is 15.9. The van der Waals surface area contributed by atoms with Gasteiger partial charge in [0.1, 0.15) is 5.75 Å². The largest absolute Gasteiger partial charge is 0.483 e. The number of carbonyl (C=O) groups is 2. The lowest BCUT2D eigenvalue weighted by Gasteiger charge is -2.15. The number of amides is 2. The summed E-state index contributed by atoms with van der Waals surface area (Å²) in [6, 6.07) is 6.05. The number of benzene rings is 1. The molecule has 2 fully saturated rings. The summed E-state index contributed by atoms with van der Waals surface area (Å²) >= 11 is 0. The molecular weight excluding hydrogens is 408 g/mol. The first-order valence-corrected chi connectivity index (χ1v) is 9.41. The van der Waals surface area contributed by atoms with Crippen molar-refractivity contribution in [2.75, 3.05) is 26.3 Å². The Morgan fingerprint density at radius 3 is 2.76 bits per heavy atom. The summed E-state index contributed by atoms with van der Waals surface area (Å²) in [5, 5.41) is 7.93. The zero-order chi connectivity index (χ0) is 20.0. The lowest BCUT2D eigenvalue weighted by molar-refractivity contribution is -0.124. The predicted octanol–water partition coefficient (Wildman–Crippen LogP) is 1.40. The van der Waals surface area contributed by atoms with E-state index in [0.29, 0.717) is 17.9 Å². The number of hydrogen-bond donors (Lipinski definition) is 3. The second kappa shape index (κ2) is 10.7. The average molecular weight is 434 g/mol. The molecule has 0 radical (unpaired) electrons. The molecule has 2 unspecified atom stereocenters. The molecule has 3 N–H and O–H groups in total. The summed E-state index contributed by atoms with van der Waals surface area (Å²) in [4.78, 5) is 24.0. The van der Waals surface area contributed by atoms with Crippen LogP contribution in [0.2, 0.25) is 0 Å². The molecule has 2 amide bonds. The van der Waals surface area contributed by atoms with Crippen LogP contribution in [0.15, 0.2) is 24.3 Å². The Hall–Kier alpha value is -1.97. The van der Waals surface area contributed by atoms with Crippen LogP contribution in [0.3, 0.4) is 0 Å². The minimum absolute atomic E-state index is 0. The van der Waals surface area contributed by atoms with Gasteiger partial charge in [-0.2, -0.15) is 0 Å². The molecule has 2 heterocycles. The molecule has 10 heteroatoms. The highest BCUT2D eigenvalue weighted by atomic mass is 35.5. The first kappa shape index (κ1) is 23.3. The SMILES string of the molecule is Cl.O=C(COc1ccccc1CNC(=O)C1CC(F)(F)CN1)NCC1CCCO1. The fraction of sp³-hybridized carbons (Fsp3) is 0.579. The maximum absolute atomic E-state index is 13.2. The molecular formula is C19H26ClF2N3O4. The monoisotopic (exact) mass is 433 g/mol. The van der Waals surface area contributed by atoms with Crippen LogP contribution in [0.4, 0.5) is 8.78 Å². The van der Waals surface area contributed by atoms with Crippen molar-refractivity contribution in [1.29, 1.82) is 0 Å². The van der Waals surface area contributed by atoms with Gasteiger partial charge in [-0.1, -0.05) is 18.2 Å². The predicted molar refractivity (Wildman–Crippen MR) is 104 cm³/mol. The first-order valence-electron chi connectivity index (χ1n) is 9.41. The molecule has 1 aromatic carbocycles. The third kappa shape index (κ3) is 7.09. The van der Waals surface area contributed by atoms with E-state index in [1.807, 2.05) is 0 Å². The van der Waals surface area contributed by atoms with Crippen LogP contribution in [0.1, 0.15) is 24.8 Å². The number of ether oxygens (including phenoxy) is 2. The van der Waals surface area contributed by atoms with E-state index in [4.69, 9.17) is 9.47 Å². The summed E-state index contributed by atoms with van der Waals surface area (Å²) in [5.41, 5.74) is 0.660. The highest BCUT2D eigenvalue weighted by Crippen LogP contribution is 2.25. The molecule has 1 aromatic rings. The summed E-state index contributed by atoms with van der Waals surface area (Å²) in [5.74, 6) is -3.15. The lowest BCUT2D eigenvalue weighted by Crippen LogP contribution is -2.40. The van der Waals surface area contributed by atoms with E-state index in [0.717, 1.165) is 19.4 Å². The molecule has 2 aliphatic rings. The maximum atomic E-state index is 13.2. The van der Waals surface area contributed by atoms with Crippen molar-refractivity contribution in [3.63, 3.8) is 0 Å². The molecule has 0 aliphatic carbocycles. The minimum atomic E-state index is -2.86. The summed E-state index contributed by atoms with van der Waals surface area (Å²) in [7, 11) is 0. The van der Waals surface area contributed by atoms with E-state index in [-0.39, 0.29) is 37.6 Å². The quantitative estimate of drug-likeness (QED) is 0.576. The topological polar surface area (TPSA) is 88.7 Å². The summed E-state index contributed by atoms with van der Waals surface area (Å²) in [6.45, 7) is 0.652. The normalized spacial score (nSPS) is 22.6. The molecule has 2 atom stereocenters. The molecule has 29 heavy (non-hydrogen) atoms. The van der Waals surface area contributed by atoms with E-state index < -0.39 is 30.8 Å². The van der Waals surface area contributed by atoms with E-state index >= 15 is 0 Å². The van der Waals surface area contributed by atoms with Gasteiger partial charge < -0.3 is 20.1 Å². The Morgan fingerprint density at radius 1 is 1.28 bits per heavy atom. The van der Waals surface area contributed by atoms with Crippen LogP contribution >= 0.6 is 12.4 Å². The second-order valence-electron chi connectivity index (χ2n) is 7.05. The van der Waals surface area contributed by atoms with Gasteiger partial charge in [-0.05, 0) is 18.9 Å². The number of hydrogen-bond acceptors (Lipinski definition) is 5. The van der Waals surface area contributed by atoms with Crippen molar-refractivity contribution in [1.82, 2.24) is 16.0 Å². The van der Waals surface area contributed by atoms with Crippen LogP contribution in [0.5, 0.6) is 5.75 Å². The third-order valence-corrected chi connectivity index (χ3v) is 4.76. The van der Waals surface area contributed by atoms with Crippen molar-refractivity contribution in [2.24, 2.45) is 0 Å². The number of alkyl halides is 2. The van der Waals surface area contributed by atoms with E-state index in [2.05, 4.69) is 16.0 Å². The summed E-state index contributed by atoms with van der Waals surface area (Å²) in [6.07, 6.45) is 1.49. The Morgan fingerprint density at radius 2 is 2.07 bits per heavy atom. The summed E-state index contributed by atoms with van der Waals surface area (Å²) < 4.78 is 37.4. The zero-order valence-corrected chi connectivity index (χ0v) is 16.7. The van der Waals surface area contributed by atoms with E-state index in [1.54, 1.807) is 24.3 Å². The van der Waals surface area contributed by atoms with Gasteiger partial charge in [0.15, 0.2) is 6.61 Å². The highest BCUT2D eigenvalue weighted by molar-refractivity contribution is 5.85. The van der Waals surface area contributed by atoms with Crippen LogP contribution in [0, 0.1) is 0 Å². The second-order valence-corrected chi connectivity index (χ2v) is 7.05. The molecule has 0 bridgehead atoms. The Kier molecular flexibility index (Phi) is 8.60. The smallest absolute Gasteiger partial charge is 0.262 e. The Labute approximate surface area is 174 Å². The molecule has 3 rings (SSSR count). The molecule has 7 nitrogen and oxygen atoms in total. The molecule has 162 valence electrons. The minimum Gasteiger partial charge on any atom is -0.483 e. The number of rotatable bonds is 8. The molecule has 0 saturated carbocycles. The van der Waals surface area contributed by atoms with E-state index in [1.165, 1.54) is 0 Å². The van der Waals surface area contributed by atoms with Crippen LogP contribution < -0.4 is 20.7 Å². The van der Waals surface area contributed by atoms with Crippen molar-refractivity contribution >= 4 is 24.2 Å². The van der Waals surface area contributed by atoms with Crippen LogP contribution in [-0.2, 0) is 20.9 Å². The molecule has 2 aliphatic heterocycles. The van der Waals surface area contributed by atoms with Crippen LogP contribution in [-0.4, -0.2) is 56.2 Å². The Bertz CT molecular complexity index is 702. The van der Waals surface area contributed by atoms with Gasteiger partial charge >= 0.3 is 0 Å². The number of carbonyl (C=O) groups excluding carboxylic acids is 2. The van der Waals surface area contributed by atoms with Gasteiger partial charge in [0.2, 0.25) is 5.91 Å². The molecule has 0 aromatic heterocycles. The van der Waals surface area contributed by atoms with Crippen molar-refractivity contribution in [3.05, 3.63) is 29.8 Å². The van der Waals surface area contributed by atoms with Gasteiger partial charge in [0.25, 0.3) is 11.8 Å². The Balaban J connectivity index is 0.00000300. The van der Waals surface area contributed by atoms with Crippen molar-refractivity contribution < 1.29 is 27.8 Å². The average Bonchev–Trinajstić information content (AvgIpc) is 3.32. The van der Waals surface area contributed by atoms with Gasteiger partial charge in [-0.3, -0.25) is 14.9 Å². The fourth-order valence-corrected chi connectivity index (χ4v) is 3.22. The van der Waals surface area contributed by atoms with Crippen molar-refractivity contribution in [3.8, 4) is 5.75 Å². The van der Waals surface area contributed by atoms with Gasteiger partial charge in [-0.25, -0.2) is 8.78 Å². The van der Waals surface area contributed by atoms with Gasteiger partial charge in [0.05, 0.1) is 18.7 Å². The third-order valence-electron chi connectivity index (χ3n) is 4.76. The van der Waals surface area contributed by atoms with Gasteiger partial charge in [-0.15, -0.1) is 12.4 Å². The van der Waals surface area contributed by atoms with Gasteiger partial charge in [0, 0.05) is 31.7 Å². The fourth-order valence-electron chi connectivity index (χ4n) is 3.22. The number of nitrogens with one attached hydrogen (secondary N) is 3. The number of para-hydroxylation sites is 1. The standard InChI is InChI=1S/C19H25F2N3O4.ClH/c20-19(21)8-15(24-12-19)18(26)23-9-13-4-1-2-6-16(13)28-11-17(25)22-10-14-5-3-7-27-14;/h1-2,4,6,14-15,24H,3,5,7-12H2,(H,22,25)(H,23,26);1H. The van der Waals surface area contributed by atoms with Crippen molar-refractivity contribution in [2.45, 2.75) is 43.9 Å². The molecule has 2 saturated heterocycles. The highest BCUT2D eigenvalue weighted by Gasteiger charge is 2.42. The maximum Gasteiger partial charge on any atom is 0.262 e. The first-order chi connectivity index (χ1) is 13.4. The number of halogens is 3. The molecule has 0 spiro atoms. The lowest BCUT2D eigenvalue weighted by atomic mass is 10.1.